The quantitative estimate of drug-likeness (QED) is 0.799. The molecule has 2 aromatic rings. The van der Waals surface area contributed by atoms with Gasteiger partial charge in [0.2, 0.25) is 0 Å². The van der Waals surface area contributed by atoms with Crippen LogP contribution in [0.2, 0.25) is 0 Å². The number of nitrogens with one attached hydrogen (secondary N) is 2. The van der Waals surface area contributed by atoms with E-state index in [0.29, 0.717) is 12.0 Å². The lowest BCUT2D eigenvalue weighted by molar-refractivity contribution is 0.338. The standard InChI is InChI=1S/C17H25N3/c1-4-14(5-2)17(15-9-7-6-8-10-15)18-11-16-13(3)19-12-20-16/h6-10,12,14,17-18H,4-5,11H2,1-3H3,(H,19,20). The number of aryl methyl sites for hydroxylation is 1. The monoisotopic (exact) mass is 271 g/mol. The van der Waals surface area contributed by atoms with Gasteiger partial charge in [-0.25, -0.2) is 4.98 Å². The van der Waals surface area contributed by atoms with Crippen molar-refractivity contribution in [2.45, 2.75) is 46.2 Å². The summed E-state index contributed by atoms with van der Waals surface area (Å²) in [4.78, 5) is 7.51. The molecule has 0 aliphatic carbocycles. The third-order valence-electron chi connectivity index (χ3n) is 4.10. The summed E-state index contributed by atoms with van der Waals surface area (Å²) >= 11 is 0. The van der Waals surface area contributed by atoms with Gasteiger partial charge in [0.1, 0.15) is 0 Å². The number of nitrogens with zero attached hydrogens (tertiary/aromatic N) is 1. The lowest BCUT2D eigenvalue weighted by atomic mass is 9.89. The fraction of sp³-hybridized carbons (Fsp3) is 0.471. The number of rotatable bonds is 7. The average Bonchev–Trinajstić information content (AvgIpc) is 2.90. The zero-order valence-electron chi connectivity index (χ0n) is 12.7. The molecule has 1 aromatic heterocycles. The first-order chi connectivity index (χ1) is 9.76. The first-order valence-electron chi connectivity index (χ1n) is 7.53. The van der Waals surface area contributed by atoms with Crippen molar-refractivity contribution in [3.63, 3.8) is 0 Å². The van der Waals surface area contributed by atoms with Crippen molar-refractivity contribution in [2.24, 2.45) is 5.92 Å². The number of aromatic amines is 1. The van der Waals surface area contributed by atoms with Crippen LogP contribution < -0.4 is 5.32 Å². The Labute approximate surface area is 121 Å². The number of aromatic nitrogens is 2. The van der Waals surface area contributed by atoms with Gasteiger partial charge in [0.05, 0.1) is 12.0 Å². The molecule has 2 N–H and O–H groups in total. The van der Waals surface area contributed by atoms with Crippen LogP contribution >= 0.6 is 0 Å². The molecule has 2 rings (SSSR count). The molecule has 0 aliphatic rings. The molecule has 0 fully saturated rings. The Morgan fingerprint density at radius 3 is 2.40 bits per heavy atom. The molecular formula is C17H25N3. The summed E-state index contributed by atoms with van der Waals surface area (Å²) in [6, 6.07) is 11.1. The number of benzene rings is 1. The van der Waals surface area contributed by atoms with E-state index in [1.807, 2.05) is 0 Å². The highest BCUT2D eigenvalue weighted by Gasteiger charge is 2.20. The molecule has 0 saturated carbocycles. The summed E-state index contributed by atoms with van der Waals surface area (Å²) in [5.41, 5.74) is 3.63. The van der Waals surface area contributed by atoms with Crippen LogP contribution in [0.25, 0.3) is 0 Å². The van der Waals surface area contributed by atoms with Gasteiger partial charge >= 0.3 is 0 Å². The summed E-state index contributed by atoms with van der Waals surface area (Å²) in [5, 5.41) is 3.70. The second kappa shape index (κ2) is 7.25. The molecule has 0 radical (unpaired) electrons. The second-order valence-corrected chi connectivity index (χ2v) is 5.32. The van der Waals surface area contributed by atoms with Crippen LogP contribution in [-0.4, -0.2) is 9.97 Å². The van der Waals surface area contributed by atoms with Crippen molar-refractivity contribution in [1.29, 1.82) is 0 Å². The number of H-pyrrole nitrogens is 1. The van der Waals surface area contributed by atoms with Crippen LogP contribution in [0.4, 0.5) is 0 Å². The molecule has 0 bridgehead atoms. The average molecular weight is 271 g/mol. The molecule has 0 saturated heterocycles. The lowest BCUT2D eigenvalue weighted by Gasteiger charge is -2.27. The smallest absolute Gasteiger partial charge is 0.0925 e. The molecule has 1 aromatic carbocycles. The van der Waals surface area contributed by atoms with Crippen molar-refractivity contribution in [3.05, 3.63) is 53.6 Å². The van der Waals surface area contributed by atoms with Crippen LogP contribution in [0, 0.1) is 12.8 Å². The number of imidazole rings is 1. The molecular weight excluding hydrogens is 246 g/mol. The van der Waals surface area contributed by atoms with Gasteiger partial charge in [-0.3, -0.25) is 0 Å². The van der Waals surface area contributed by atoms with Crippen LogP contribution in [0.5, 0.6) is 0 Å². The summed E-state index contributed by atoms with van der Waals surface area (Å²) in [6.07, 6.45) is 4.13. The molecule has 1 unspecified atom stereocenters. The van der Waals surface area contributed by atoms with Gasteiger partial charge < -0.3 is 10.3 Å². The molecule has 0 aliphatic heterocycles. The predicted octanol–water partition coefficient (Wildman–Crippen LogP) is 3.99. The first-order valence-corrected chi connectivity index (χ1v) is 7.53. The third kappa shape index (κ3) is 3.48. The van der Waals surface area contributed by atoms with E-state index in [1.54, 1.807) is 6.33 Å². The lowest BCUT2D eigenvalue weighted by Crippen LogP contribution is -2.28. The molecule has 1 heterocycles. The van der Waals surface area contributed by atoms with E-state index in [0.717, 1.165) is 17.9 Å². The van der Waals surface area contributed by atoms with Crippen molar-refractivity contribution >= 4 is 0 Å². The Kier molecular flexibility index (Phi) is 5.36. The fourth-order valence-corrected chi connectivity index (χ4v) is 2.75. The Morgan fingerprint density at radius 2 is 1.85 bits per heavy atom. The molecule has 20 heavy (non-hydrogen) atoms. The summed E-state index contributed by atoms with van der Waals surface area (Å²) < 4.78 is 0. The predicted molar refractivity (Wildman–Crippen MR) is 83.4 cm³/mol. The van der Waals surface area contributed by atoms with E-state index < -0.39 is 0 Å². The second-order valence-electron chi connectivity index (χ2n) is 5.32. The highest BCUT2D eigenvalue weighted by molar-refractivity contribution is 5.20. The topological polar surface area (TPSA) is 40.7 Å². The molecule has 0 spiro atoms. The Bertz CT molecular complexity index is 500. The Hall–Kier alpha value is -1.61. The molecule has 3 heteroatoms. The summed E-state index contributed by atoms with van der Waals surface area (Å²) in [6.45, 7) is 7.42. The minimum atomic E-state index is 0.391. The van der Waals surface area contributed by atoms with Crippen LogP contribution in [0.1, 0.15) is 49.7 Å². The summed E-state index contributed by atoms with van der Waals surface area (Å²) in [5.74, 6) is 0.650. The van der Waals surface area contributed by atoms with E-state index in [1.165, 1.54) is 18.4 Å². The zero-order chi connectivity index (χ0) is 14.4. The van der Waals surface area contributed by atoms with E-state index in [-0.39, 0.29) is 0 Å². The zero-order valence-corrected chi connectivity index (χ0v) is 12.7. The van der Waals surface area contributed by atoms with Gasteiger partial charge in [0.25, 0.3) is 0 Å². The van der Waals surface area contributed by atoms with Crippen LogP contribution in [-0.2, 0) is 6.54 Å². The normalized spacial score (nSPS) is 12.8. The van der Waals surface area contributed by atoms with E-state index >= 15 is 0 Å². The maximum absolute atomic E-state index is 4.37. The highest BCUT2D eigenvalue weighted by Crippen LogP contribution is 2.27. The maximum Gasteiger partial charge on any atom is 0.0925 e. The van der Waals surface area contributed by atoms with Crippen molar-refractivity contribution in [3.8, 4) is 0 Å². The van der Waals surface area contributed by atoms with Crippen molar-refractivity contribution in [2.75, 3.05) is 0 Å². The maximum atomic E-state index is 4.37. The van der Waals surface area contributed by atoms with Gasteiger partial charge in [-0.05, 0) is 18.4 Å². The van der Waals surface area contributed by atoms with E-state index in [4.69, 9.17) is 0 Å². The van der Waals surface area contributed by atoms with Crippen LogP contribution in [0.15, 0.2) is 36.7 Å². The Morgan fingerprint density at radius 1 is 1.15 bits per heavy atom. The SMILES string of the molecule is CCC(CC)C(NCc1nc[nH]c1C)c1ccccc1. The molecule has 0 amide bonds. The molecule has 108 valence electrons. The number of hydrogen-bond acceptors (Lipinski definition) is 2. The fourth-order valence-electron chi connectivity index (χ4n) is 2.75. The van der Waals surface area contributed by atoms with Crippen molar-refractivity contribution < 1.29 is 0 Å². The van der Waals surface area contributed by atoms with Gasteiger partial charge in [-0.1, -0.05) is 57.0 Å². The van der Waals surface area contributed by atoms with E-state index in [2.05, 4.69) is 66.4 Å². The van der Waals surface area contributed by atoms with Crippen molar-refractivity contribution in [1.82, 2.24) is 15.3 Å². The van der Waals surface area contributed by atoms with Gasteiger partial charge in [0.15, 0.2) is 0 Å². The van der Waals surface area contributed by atoms with Gasteiger partial charge in [-0.15, -0.1) is 0 Å². The van der Waals surface area contributed by atoms with Gasteiger partial charge in [0, 0.05) is 18.3 Å². The molecule has 1 atom stereocenters. The minimum Gasteiger partial charge on any atom is -0.348 e. The minimum absolute atomic E-state index is 0.391. The van der Waals surface area contributed by atoms with Gasteiger partial charge in [-0.2, -0.15) is 0 Å². The Balaban J connectivity index is 2.13. The van der Waals surface area contributed by atoms with E-state index in [9.17, 15) is 0 Å². The van der Waals surface area contributed by atoms with Crippen LogP contribution in [0.3, 0.4) is 0 Å². The summed E-state index contributed by atoms with van der Waals surface area (Å²) in [7, 11) is 0. The largest absolute Gasteiger partial charge is 0.348 e. The molecule has 3 nitrogen and oxygen atoms in total. The number of hydrogen-bond donors (Lipinski definition) is 2. The third-order valence-corrected chi connectivity index (χ3v) is 4.10. The highest BCUT2D eigenvalue weighted by atomic mass is 15.0. The first kappa shape index (κ1) is 14.8.